The van der Waals surface area contributed by atoms with Crippen LogP contribution in [0.3, 0.4) is 0 Å². The molecule has 4 rings (SSSR count). The minimum atomic E-state index is -4.62. The zero-order valence-corrected chi connectivity index (χ0v) is 29.6. The summed E-state index contributed by atoms with van der Waals surface area (Å²) in [6, 6.07) is 8.63. The molecule has 1 aromatic heterocycles. The Kier molecular flexibility index (Phi) is 12.1. The molecule has 3 amide bonds. The van der Waals surface area contributed by atoms with Crippen molar-refractivity contribution >= 4 is 27.7 Å². The van der Waals surface area contributed by atoms with Crippen molar-refractivity contribution < 1.29 is 37.0 Å². The highest BCUT2D eigenvalue weighted by molar-refractivity contribution is 7.89. The van der Waals surface area contributed by atoms with Gasteiger partial charge in [0.25, 0.3) is 21.5 Å². The minimum Gasteiger partial charge on any atom is -0.496 e. The van der Waals surface area contributed by atoms with Crippen LogP contribution in [0.4, 0.5) is 0 Å². The lowest BCUT2D eigenvalue weighted by Crippen LogP contribution is -2.52. The van der Waals surface area contributed by atoms with Crippen molar-refractivity contribution in [3.05, 3.63) is 74.6 Å². The second-order valence-corrected chi connectivity index (χ2v) is 13.9. The number of amides is 3. The van der Waals surface area contributed by atoms with Crippen molar-refractivity contribution in [1.29, 1.82) is 0 Å². The molecule has 0 radical (unpaired) electrons. The molecule has 270 valence electrons. The molecule has 50 heavy (non-hydrogen) atoms. The molecule has 0 unspecified atom stereocenters. The van der Waals surface area contributed by atoms with Crippen molar-refractivity contribution in [3.8, 4) is 23.0 Å². The fourth-order valence-corrected chi connectivity index (χ4v) is 6.90. The molecule has 0 saturated carbocycles. The fraction of sp³-hybridized carbons (Fsp3) is 0.424. The van der Waals surface area contributed by atoms with Crippen LogP contribution in [-0.4, -0.2) is 79.5 Å². The van der Waals surface area contributed by atoms with Crippen LogP contribution in [0.25, 0.3) is 0 Å². The first-order valence-electron chi connectivity index (χ1n) is 15.8. The summed E-state index contributed by atoms with van der Waals surface area (Å²) in [6.45, 7) is 2.56. The fourth-order valence-electron chi connectivity index (χ4n) is 5.31. The molecule has 2 heterocycles. The number of carbonyl (C=O) groups excluding carboxylic acids is 3. The minimum absolute atomic E-state index is 0.0870. The van der Waals surface area contributed by atoms with E-state index in [0.29, 0.717) is 33.8 Å². The van der Waals surface area contributed by atoms with Crippen molar-refractivity contribution in [2.45, 2.75) is 44.2 Å². The van der Waals surface area contributed by atoms with Gasteiger partial charge in [0.15, 0.2) is 16.4 Å². The van der Waals surface area contributed by atoms with E-state index in [-0.39, 0.29) is 37.4 Å². The molecule has 3 N–H and O–H groups in total. The molecular weight excluding hydrogens is 672 g/mol. The van der Waals surface area contributed by atoms with Gasteiger partial charge in [0.05, 0.1) is 32.9 Å². The van der Waals surface area contributed by atoms with Gasteiger partial charge >= 0.3 is 5.69 Å². The second kappa shape index (κ2) is 16.0. The number of sulfonamides is 1. The van der Waals surface area contributed by atoms with E-state index in [9.17, 15) is 32.4 Å². The number of hydrogen-bond acceptors (Lipinski definition) is 10. The zero-order chi connectivity index (χ0) is 36.7. The SMILES string of the molecule is COc1ccc2cc1Oc1cccc(OC)c1CNC(=O)[C@@H](C(C)C)NC(=O)CN(S(=O)(=O)c1cn(C)c(=O)n(C)c1=O)CCCCNC2=O. The first-order chi connectivity index (χ1) is 23.7. The topological polar surface area (TPSA) is 196 Å². The average molecular weight is 715 g/mol. The van der Waals surface area contributed by atoms with Crippen LogP contribution in [0, 0.1) is 5.92 Å². The highest BCUT2D eigenvalue weighted by Crippen LogP contribution is 2.37. The number of fused-ring (bicyclic) bond motifs is 3. The van der Waals surface area contributed by atoms with Crippen LogP contribution in [0.1, 0.15) is 42.6 Å². The molecule has 16 nitrogen and oxygen atoms in total. The third-order valence-electron chi connectivity index (χ3n) is 8.13. The molecule has 0 fully saturated rings. The van der Waals surface area contributed by atoms with Gasteiger partial charge in [-0.05, 0) is 49.1 Å². The maximum absolute atomic E-state index is 13.9. The Morgan fingerprint density at radius 1 is 0.920 bits per heavy atom. The van der Waals surface area contributed by atoms with Gasteiger partial charge in [0.1, 0.15) is 17.5 Å². The highest BCUT2D eigenvalue weighted by Gasteiger charge is 2.32. The van der Waals surface area contributed by atoms with E-state index in [1.165, 1.54) is 27.3 Å². The predicted octanol–water partition coefficient (Wildman–Crippen LogP) is 0.865. The standard InChI is InChI=1S/C33H42N6O10S/c1-20(2)29-31(42)35-17-22-23(47-5)10-9-11-24(22)49-26-16-21(12-13-25(26)48-6)30(41)34-14-7-8-15-39(19-28(40)36-29)50(45,46)27-18-37(3)33(44)38(4)32(27)43/h9-13,16,18,20,29H,7-8,14-15,17,19H2,1-6H3,(H,34,41)(H,35,42)(H,36,40)/t29-/m1/s1. The lowest BCUT2D eigenvalue weighted by molar-refractivity contribution is -0.130. The Morgan fingerprint density at radius 3 is 2.32 bits per heavy atom. The van der Waals surface area contributed by atoms with Crippen LogP contribution < -0.4 is 41.4 Å². The van der Waals surface area contributed by atoms with Gasteiger partial charge in [0, 0.05) is 38.9 Å². The third kappa shape index (κ3) is 8.34. The van der Waals surface area contributed by atoms with E-state index < -0.39 is 62.4 Å². The van der Waals surface area contributed by atoms with Crippen LogP contribution in [0.5, 0.6) is 23.0 Å². The molecule has 1 atom stereocenters. The number of nitrogens with one attached hydrogen (secondary N) is 3. The number of methoxy groups -OCH3 is 2. The smallest absolute Gasteiger partial charge is 0.330 e. The highest BCUT2D eigenvalue weighted by atomic mass is 32.2. The largest absolute Gasteiger partial charge is 0.496 e. The molecule has 1 aliphatic rings. The first kappa shape index (κ1) is 37.7. The molecule has 0 saturated heterocycles. The molecule has 0 aliphatic carbocycles. The summed E-state index contributed by atoms with van der Waals surface area (Å²) in [5.41, 5.74) is -1.06. The summed E-state index contributed by atoms with van der Waals surface area (Å²) in [6.07, 6.45) is 1.40. The van der Waals surface area contributed by atoms with Crippen molar-refractivity contribution in [2.75, 3.05) is 33.9 Å². The number of carbonyl (C=O) groups is 3. The number of benzene rings is 2. The maximum atomic E-state index is 13.9. The van der Waals surface area contributed by atoms with Gasteiger partial charge in [-0.15, -0.1) is 0 Å². The van der Waals surface area contributed by atoms with Gasteiger partial charge in [-0.25, -0.2) is 13.2 Å². The Bertz CT molecular complexity index is 1990. The van der Waals surface area contributed by atoms with Gasteiger partial charge in [-0.2, -0.15) is 4.31 Å². The summed E-state index contributed by atoms with van der Waals surface area (Å²) in [5, 5.41) is 8.23. The first-order valence-corrected chi connectivity index (χ1v) is 17.3. The van der Waals surface area contributed by atoms with Crippen molar-refractivity contribution in [3.63, 3.8) is 0 Å². The summed E-state index contributed by atoms with van der Waals surface area (Å²) in [7, 11) is 0.755. The van der Waals surface area contributed by atoms with Crippen LogP contribution in [0.2, 0.25) is 0 Å². The molecule has 2 bridgehead atoms. The van der Waals surface area contributed by atoms with E-state index in [0.717, 1.165) is 22.1 Å². The number of aryl methyl sites for hydroxylation is 1. The number of nitrogens with zero attached hydrogens (tertiary/aromatic N) is 3. The van der Waals surface area contributed by atoms with Crippen LogP contribution >= 0.6 is 0 Å². The Balaban J connectivity index is 1.74. The Morgan fingerprint density at radius 2 is 1.64 bits per heavy atom. The molecule has 17 heteroatoms. The quantitative estimate of drug-likeness (QED) is 0.341. The number of hydrogen-bond donors (Lipinski definition) is 3. The summed E-state index contributed by atoms with van der Waals surface area (Å²) < 4.78 is 47.4. The van der Waals surface area contributed by atoms with Crippen molar-refractivity contribution in [2.24, 2.45) is 20.0 Å². The Hall–Kier alpha value is -5.16. The summed E-state index contributed by atoms with van der Waals surface area (Å²) in [4.78, 5) is 64.6. The normalized spacial score (nSPS) is 17.1. The van der Waals surface area contributed by atoms with E-state index in [1.54, 1.807) is 44.2 Å². The van der Waals surface area contributed by atoms with E-state index in [4.69, 9.17) is 14.2 Å². The molecule has 1 aliphatic heterocycles. The van der Waals surface area contributed by atoms with Crippen LogP contribution in [-0.2, 0) is 40.3 Å². The van der Waals surface area contributed by atoms with Gasteiger partial charge in [-0.3, -0.25) is 23.7 Å². The van der Waals surface area contributed by atoms with E-state index in [2.05, 4.69) is 16.0 Å². The predicted molar refractivity (Wildman–Crippen MR) is 182 cm³/mol. The van der Waals surface area contributed by atoms with Crippen molar-refractivity contribution in [1.82, 2.24) is 29.4 Å². The molecule has 0 spiro atoms. The van der Waals surface area contributed by atoms with Gasteiger partial charge in [-0.1, -0.05) is 19.9 Å². The van der Waals surface area contributed by atoms with E-state index in [1.807, 2.05) is 0 Å². The lowest BCUT2D eigenvalue weighted by atomic mass is 10.0. The second-order valence-electron chi connectivity index (χ2n) is 12.0. The molecule has 2 aromatic carbocycles. The molecule has 3 aromatic rings. The number of rotatable bonds is 5. The lowest BCUT2D eigenvalue weighted by Gasteiger charge is -2.26. The monoisotopic (exact) mass is 714 g/mol. The Labute approximate surface area is 289 Å². The zero-order valence-electron chi connectivity index (χ0n) is 28.8. The average Bonchev–Trinajstić information content (AvgIpc) is 3.08. The third-order valence-corrected chi connectivity index (χ3v) is 9.96. The van der Waals surface area contributed by atoms with Gasteiger partial charge < -0.3 is 34.7 Å². The summed E-state index contributed by atoms with van der Waals surface area (Å²) >= 11 is 0. The number of ether oxygens (including phenoxy) is 3. The van der Waals surface area contributed by atoms with Gasteiger partial charge in [0.2, 0.25) is 11.8 Å². The molecular formula is C33H42N6O10S. The van der Waals surface area contributed by atoms with Crippen LogP contribution in [0.15, 0.2) is 57.1 Å². The maximum Gasteiger partial charge on any atom is 0.330 e. The number of aromatic nitrogens is 2. The summed E-state index contributed by atoms with van der Waals surface area (Å²) in [5.74, 6) is -0.911. The van der Waals surface area contributed by atoms with E-state index >= 15 is 0 Å².